The van der Waals surface area contributed by atoms with Crippen LogP contribution in [-0.2, 0) is 4.79 Å². The Hall–Kier alpha value is -2.34. The van der Waals surface area contributed by atoms with Gasteiger partial charge in [0.1, 0.15) is 5.75 Å². The number of amides is 1. The molecule has 0 bridgehead atoms. The van der Waals surface area contributed by atoms with Crippen molar-refractivity contribution in [3.63, 3.8) is 0 Å². The molecule has 1 atom stereocenters. The molecule has 6 heteroatoms. The molecule has 0 heterocycles. The van der Waals surface area contributed by atoms with Crippen LogP contribution < -0.4 is 20.9 Å². The maximum atomic E-state index is 12.4. The number of hydrogen-bond acceptors (Lipinski definition) is 3. The molecule has 25 heavy (non-hydrogen) atoms. The monoisotopic (exact) mass is 359 g/mol. The number of carbonyl (C=O) groups is 1. The van der Waals surface area contributed by atoms with Crippen molar-refractivity contribution in [3.05, 3.63) is 42.0 Å². The molecule has 2 rings (SSSR count). The van der Waals surface area contributed by atoms with Crippen LogP contribution >= 0.6 is 12.2 Å². The summed E-state index contributed by atoms with van der Waals surface area (Å²) in [7, 11) is 1.65. The smallest absolute Gasteiger partial charge is 0.245 e. The summed E-state index contributed by atoms with van der Waals surface area (Å²) in [4.78, 5) is 12.4. The Bertz CT molecular complexity index is 784. The first-order valence-corrected chi connectivity index (χ1v) is 8.56. The lowest BCUT2D eigenvalue weighted by Crippen LogP contribution is -2.52. The highest BCUT2D eigenvalue weighted by atomic mass is 32.1. The third-order valence-corrected chi connectivity index (χ3v) is 3.96. The second-order valence-electron chi connectivity index (χ2n) is 7.01. The molecule has 2 aromatic carbocycles. The zero-order chi connectivity index (χ0) is 18.6. The standard InChI is InChI=1S/C19H25N3O2S/c1-12(17(23)21-22-18(25)20-19(2,3)4)13-6-7-15-11-16(24-5)9-8-14(15)10-13/h6-12H,1-5H3,(H,21,23)(H2,20,22,25)/t12-/m0/s1. The zero-order valence-corrected chi connectivity index (χ0v) is 16.1. The number of nitrogens with one attached hydrogen (secondary N) is 3. The van der Waals surface area contributed by atoms with E-state index in [9.17, 15) is 4.79 Å². The molecule has 0 saturated carbocycles. The number of hydrazine groups is 1. The molecule has 0 aliphatic heterocycles. The van der Waals surface area contributed by atoms with Crippen LogP contribution in [0.15, 0.2) is 36.4 Å². The van der Waals surface area contributed by atoms with Crippen LogP contribution in [0.5, 0.6) is 5.75 Å². The fourth-order valence-electron chi connectivity index (χ4n) is 2.39. The first kappa shape index (κ1) is 19.0. The fourth-order valence-corrected chi connectivity index (χ4v) is 2.75. The van der Waals surface area contributed by atoms with Crippen LogP contribution in [0.2, 0.25) is 0 Å². The van der Waals surface area contributed by atoms with Gasteiger partial charge in [-0.1, -0.05) is 24.3 Å². The summed E-state index contributed by atoms with van der Waals surface area (Å²) >= 11 is 5.16. The van der Waals surface area contributed by atoms with E-state index >= 15 is 0 Å². The van der Waals surface area contributed by atoms with Gasteiger partial charge < -0.3 is 10.1 Å². The molecule has 0 fully saturated rings. The van der Waals surface area contributed by atoms with E-state index in [-0.39, 0.29) is 17.4 Å². The minimum absolute atomic E-state index is 0.147. The van der Waals surface area contributed by atoms with Crippen LogP contribution in [0.25, 0.3) is 10.8 Å². The van der Waals surface area contributed by atoms with Gasteiger partial charge in [0.25, 0.3) is 0 Å². The minimum atomic E-state index is -0.309. The van der Waals surface area contributed by atoms with E-state index in [2.05, 4.69) is 16.2 Å². The number of thiocarbonyl (C=S) groups is 1. The first-order chi connectivity index (χ1) is 11.7. The Morgan fingerprint density at radius 1 is 1.08 bits per heavy atom. The second-order valence-corrected chi connectivity index (χ2v) is 7.42. The molecule has 5 nitrogen and oxygen atoms in total. The Balaban J connectivity index is 2.04. The molecule has 0 aliphatic rings. The van der Waals surface area contributed by atoms with E-state index in [0.29, 0.717) is 5.11 Å². The lowest BCUT2D eigenvalue weighted by atomic mass is 9.97. The quantitative estimate of drug-likeness (QED) is 0.580. The lowest BCUT2D eigenvalue weighted by molar-refractivity contribution is -0.122. The maximum absolute atomic E-state index is 12.4. The van der Waals surface area contributed by atoms with Gasteiger partial charge >= 0.3 is 0 Å². The summed E-state index contributed by atoms with van der Waals surface area (Å²) in [5.74, 6) is 0.359. The van der Waals surface area contributed by atoms with Crippen molar-refractivity contribution in [1.82, 2.24) is 16.2 Å². The van der Waals surface area contributed by atoms with Gasteiger partial charge in [-0.2, -0.15) is 0 Å². The number of benzene rings is 2. The summed E-state index contributed by atoms with van der Waals surface area (Å²) in [5.41, 5.74) is 6.17. The SMILES string of the molecule is COc1ccc2cc([C@H](C)C(=O)NNC(=S)NC(C)(C)C)ccc2c1. The van der Waals surface area contributed by atoms with Gasteiger partial charge in [0.15, 0.2) is 5.11 Å². The van der Waals surface area contributed by atoms with E-state index in [4.69, 9.17) is 17.0 Å². The molecular weight excluding hydrogens is 334 g/mol. The van der Waals surface area contributed by atoms with Gasteiger partial charge in [-0.05, 0) is 68.4 Å². The summed E-state index contributed by atoms with van der Waals surface area (Å²) in [6.45, 7) is 7.85. The third-order valence-electron chi connectivity index (χ3n) is 3.75. The van der Waals surface area contributed by atoms with Crippen molar-refractivity contribution in [1.29, 1.82) is 0 Å². The average molecular weight is 359 g/mol. The Kier molecular flexibility index (Phi) is 5.85. The van der Waals surface area contributed by atoms with Crippen molar-refractivity contribution in [2.45, 2.75) is 39.2 Å². The number of hydrogen-bond donors (Lipinski definition) is 3. The molecule has 2 aromatic rings. The van der Waals surface area contributed by atoms with Crippen molar-refractivity contribution in [2.24, 2.45) is 0 Å². The van der Waals surface area contributed by atoms with E-state index in [1.165, 1.54) is 0 Å². The van der Waals surface area contributed by atoms with Crippen molar-refractivity contribution < 1.29 is 9.53 Å². The van der Waals surface area contributed by atoms with Gasteiger partial charge in [-0.25, -0.2) is 0 Å². The number of ether oxygens (including phenoxy) is 1. The molecule has 134 valence electrons. The predicted octanol–water partition coefficient (Wildman–Crippen LogP) is 3.25. The molecule has 0 aliphatic carbocycles. The summed E-state index contributed by atoms with van der Waals surface area (Å²) in [6.07, 6.45) is 0. The molecule has 0 radical (unpaired) electrons. The number of methoxy groups -OCH3 is 1. The fraction of sp³-hybridized carbons (Fsp3) is 0.368. The highest BCUT2D eigenvalue weighted by molar-refractivity contribution is 7.80. The van der Waals surface area contributed by atoms with E-state index in [1.54, 1.807) is 7.11 Å². The molecule has 0 unspecified atom stereocenters. The van der Waals surface area contributed by atoms with E-state index in [1.807, 2.05) is 64.1 Å². The molecular formula is C19H25N3O2S. The predicted molar refractivity (Wildman–Crippen MR) is 106 cm³/mol. The molecule has 1 amide bonds. The molecule has 0 saturated heterocycles. The topological polar surface area (TPSA) is 62.4 Å². The zero-order valence-electron chi connectivity index (χ0n) is 15.3. The van der Waals surface area contributed by atoms with Crippen molar-refractivity contribution in [2.75, 3.05) is 7.11 Å². The molecule has 3 N–H and O–H groups in total. The Morgan fingerprint density at radius 3 is 2.36 bits per heavy atom. The van der Waals surface area contributed by atoms with Gasteiger partial charge in [-0.15, -0.1) is 0 Å². The van der Waals surface area contributed by atoms with E-state index < -0.39 is 0 Å². The minimum Gasteiger partial charge on any atom is -0.497 e. The first-order valence-electron chi connectivity index (χ1n) is 8.15. The van der Waals surface area contributed by atoms with Crippen LogP contribution in [0.4, 0.5) is 0 Å². The highest BCUT2D eigenvalue weighted by Gasteiger charge is 2.17. The number of fused-ring (bicyclic) bond motifs is 1. The van der Waals surface area contributed by atoms with Crippen LogP contribution in [0.3, 0.4) is 0 Å². The third kappa shape index (κ3) is 5.32. The summed E-state index contributed by atoms with van der Waals surface area (Å²) < 4.78 is 5.24. The Labute approximate surface area is 154 Å². The lowest BCUT2D eigenvalue weighted by Gasteiger charge is -2.23. The molecule has 0 aromatic heterocycles. The van der Waals surface area contributed by atoms with Gasteiger partial charge in [0, 0.05) is 5.54 Å². The van der Waals surface area contributed by atoms with Crippen LogP contribution in [0, 0.1) is 0 Å². The van der Waals surface area contributed by atoms with E-state index in [0.717, 1.165) is 22.1 Å². The van der Waals surface area contributed by atoms with Crippen LogP contribution in [-0.4, -0.2) is 23.7 Å². The van der Waals surface area contributed by atoms with Gasteiger partial charge in [0.2, 0.25) is 5.91 Å². The average Bonchev–Trinajstić information content (AvgIpc) is 2.56. The number of carbonyl (C=O) groups excluding carboxylic acids is 1. The van der Waals surface area contributed by atoms with Gasteiger partial charge in [0.05, 0.1) is 13.0 Å². The number of rotatable bonds is 3. The Morgan fingerprint density at radius 2 is 1.72 bits per heavy atom. The summed E-state index contributed by atoms with van der Waals surface area (Å²) in [6, 6.07) is 11.8. The van der Waals surface area contributed by atoms with Crippen molar-refractivity contribution in [3.8, 4) is 5.75 Å². The largest absolute Gasteiger partial charge is 0.497 e. The highest BCUT2D eigenvalue weighted by Crippen LogP contribution is 2.25. The maximum Gasteiger partial charge on any atom is 0.245 e. The normalized spacial score (nSPS) is 12.4. The summed E-state index contributed by atoms with van der Waals surface area (Å²) in [5, 5.41) is 5.61. The second kappa shape index (κ2) is 7.70. The van der Waals surface area contributed by atoms with Crippen LogP contribution in [0.1, 0.15) is 39.2 Å². The van der Waals surface area contributed by atoms with Gasteiger partial charge in [-0.3, -0.25) is 15.6 Å². The molecule has 0 spiro atoms. The van der Waals surface area contributed by atoms with Crippen molar-refractivity contribution >= 4 is 34.0 Å².